The summed E-state index contributed by atoms with van der Waals surface area (Å²) in [7, 11) is 0. The minimum Gasteiger partial charge on any atom is -0.460 e. The maximum Gasteiger partial charge on any atom is 0.316 e. The summed E-state index contributed by atoms with van der Waals surface area (Å²) in [6, 6.07) is 0.500. The van der Waals surface area contributed by atoms with E-state index >= 15 is 0 Å². The summed E-state index contributed by atoms with van der Waals surface area (Å²) in [4.78, 5) is 11.9. The Balaban J connectivity index is 1.41. The van der Waals surface area contributed by atoms with Crippen LogP contribution in [0, 0.1) is 13.8 Å². The molecule has 9 heteroatoms. The van der Waals surface area contributed by atoms with Gasteiger partial charge in [-0.2, -0.15) is 0 Å². The fourth-order valence-electron chi connectivity index (χ4n) is 2.77. The Morgan fingerprint density at radius 1 is 1.32 bits per heavy atom. The lowest BCUT2D eigenvalue weighted by Crippen LogP contribution is -2.21. The number of aryl methyl sites for hydroxylation is 2. The molecule has 7 nitrogen and oxygen atoms in total. The number of rotatable bonds is 7. The number of carbonyl (C=O) groups excluding carboxylic acids is 1. The normalized spacial score (nSPS) is 15.3. The highest BCUT2D eigenvalue weighted by Crippen LogP contribution is 2.28. The first-order valence-electron chi connectivity index (χ1n) is 8.42. The maximum atomic E-state index is 11.9. The Morgan fingerprint density at radius 3 is 2.84 bits per heavy atom. The number of thioether (sulfide) groups is 1. The molecule has 2 aromatic heterocycles. The van der Waals surface area contributed by atoms with Crippen molar-refractivity contribution in [1.82, 2.24) is 15.4 Å². The predicted molar refractivity (Wildman–Crippen MR) is 96.9 cm³/mol. The van der Waals surface area contributed by atoms with Crippen LogP contribution in [-0.2, 0) is 16.1 Å². The summed E-state index contributed by atoms with van der Waals surface area (Å²) in [5.41, 5.74) is 1.58. The van der Waals surface area contributed by atoms with Crippen LogP contribution in [0.15, 0.2) is 8.86 Å². The van der Waals surface area contributed by atoms with E-state index < -0.39 is 0 Å². The number of nitrogens with zero attached hydrogens (tertiary/aromatic N) is 3. The van der Waals surface area contributed by atoms with Gasteiger partial charge in [-0.15, -0.1) is 10.2 Å². The molecule has 3 rings (SSSR count). The number of esters is 1. The van der Waals surface area contributed by atoms with E-state index in [1.807, 2.05) is 6.92 Å². The molecule has 136 valence electrons. The summed E-state index contributed by atoms with van der Waals surface area (Å²) in [5.74, 6) is 0.601. The number of anilines is 1. The Morgan fingerprint density at radius 2 is 2.12 bits per heavy atom. The summed E-state index contributed by atoms with van der Waals surface area (Å²) in [6.45, 7) is 3.82. The number of aromatic nitrogens is 3. The molecule has 25 heavy (non-hydrogen) atoms. The third-order valence-electron chi connectivity index (χ3n) is 4.21. The Labute approximate surface area is 154 Å². The third-order valence-corrected chi connectivity index (χ3v) is 6.17. The van der Waals surface area contributed by atoms with Gasteiger partial charge in [0.2, 0.25) is 5.13 Å². The first-order valence-corrected chi connectivity index (χ1v) is 10.2. The fraction of sp³-hybridized carbons (Fsp3) is 0.625. The van der Waals surface area contributed by atoms with E-state index in [0.29, 0.717) is 11.8 Å². The molecule has 0 aliphatic heterocycles. The maximum absolute atomic E-state index is 11.9. The monoisotopic (exact) mass is 382 g/mol. The van der Waals surface area contributed by atoms with Crippen LogP contribution in [-0.4, -0.2) is 33.1 Å². The average molecular weight is 383 g/mol. The molecule has 1 aliphatic carbocycles. The molecule has 2 aromatic rings. The molecule has 0 radical (unpaired) electrons. The number of carbonyl (C=O) groups is 1. The van der Waals surface area contributed by atoms with Gasteiger partial charge in [0.05, 0.1) is 17.0 Å². The second kappa shape index (κ2) is 8.66. The highest BCUT2D eigenvalue weighted by Gasteiger charge is 2.16. The highest BCUT2D eigenvalue weighted by atomic mass is 32.2. The molecule has 0 amide bonds. The zero-order valence-corrected chi connectivity index (χ0v) is 16.0. The number of hydrogen-bond donors (Lipinski definition) is 1. The van der Waals surface area contributed by atoms with E-state index in [9.17, 15) is 4.79 Å². The van der Waals surface area contributed by atoms with E-state index in [-0.39, 0.29) is 18.3 Å². The lowest BCUT2D eigenvalue weighted by molar-refractivity contribution is -0.141. The predicted octanol–water partition coefficient (Wildman–Crippen LogP) is 3.72. The van der Waals surface area contributed by atoms with Crippen molar-refractivity contribution in [2.45, 2.75) is 62.9 Å². The first-order chi connectivity index (χ1) is 12.1. The van der Waals surface area contributed by atoms with Crippen molar-refractivity contribution in [3.63, 3.8) is 0 Å². The largest absolute Gasteiger partial charge is 0.460 e. The number of ether oxygens (including phenoxy) is 1. The molecule has 1 aliphatic rings. The zero-order chi connectivity index (χ0) is 17.6. The van der Waals surface area contributed by atoms with Gasteiger partial charge in [0.15, 0.2) is 4.34 Å². The van der Waals surface area contributed by atoms with Gasteiger partial charge in [-0.25, -0.2) is 0 Å². The van der Waals surface area contributed by atoms with Crippen molar-refractivity contribution in [3.05, 3.63) is 17.0 Å². The molecule has 0 unspecified atom stereocenters. The summed E-state index contributed by atoms with van der Waals surface area (Å²) in [6.07, 6.45) is 6.25. The third kappa shape index (κ3) is 5.18. The van der Waals surface area contributed by atoms with Gasteiger partial charge < -0.3 is 14.6 Å². The van der Waals surface area contributed by atoms with Crippen molar-refractivity contribution in [3.8, 4) is 0 Å². The van der Waals surface area contributed by atoms with Crippen LogP contribution in [0.2, 0.25) is 0 Å². The van der Waals surface area contributed by atoms with Crippen LogP contribution in [0.5, 0.6) is 0 Å². The van der Waals surface area contributed by atoms with Crippen LogP contribution < -0.4 is 5.32 Å². The summed E-state index contributed by atoms with van der Waals surface area (Å²) in [5, 5.41) is 16.4. The molecular formula is C16H22N4O3S2. The van der Waals surface area contributed by atoms with Crippen LogP contribution >= 0.6 is 23.1 Å². The quantitative estimate of drug-likeness (QED) is 0.572. The van der Waals surface area contributed by atoms with Gasteiger partial charge >= 0.3 is 5.97 Å². The van der Waals surface area contributed by atoms with E-state index in [4.69, 9.17) is 9.26 Å². The Hall–Kier alpha value is -1.61. The molecule has 0 atom stereocenters. The zero-order valence-electron chi connectivity index (χ0n) is 14.4. The van der Waals surface area contributed by atoms with Gasteiger partial charge in [-0.3, -0.25) is 4.79 Å². The van der Waals surface area contributed by atoms with Gasteiger partial charge in [-0.05, 0) is 26.7 Å². The second-order valence-electron chi connectivity index (χ2n) is 6.10. The molecular weight excluding hydrogens is 360 g/mol. The minimum absolute atomic E-state index is 0.186. The standard InChI is InChI=1S/C16H22N4O3S2/c1-10-13(11(2)23-20-10)8-22-14(21)9-24-16-19-18-15(25-16)17-12-6-4-3-5-7-12/h12H,3-9H2,1-2H3,(H,17,18). The number of hydrogen-bond acceptors (Lipinski definition) is 9. The first kappa shape index (κ1) is 18.2. The van der Waals surface area contributed by atoms with Crippen LogP contribution in [0.4, 0.5) is 5.13 Å². The fourth-order valence-corrected chi connectivity index (χ4v) is 4.40. The SMILES string of the molecule is Cc1noc(C)c1COC(=O)CSc1nnc(NC2CCCCC2)s1. The van der Waals surface area contributed by atoms with Crippen molar-refractivity contribution >= 4 is 34.2 Å². The smallest absolute Gasteiger partial charge is 0.316 e. The Kier molecular flexibility index (Phi) is 6.30. The van der Waals surface area contributed by atoms with Crippen molar-refractivity contribution in [2.75, 3.05) is 11.1 Å². The highest BCUT2D eigenvalue weighted by molar-refractivity contribution is 8.01. The lowest BCUT2D eigenvalue weighted by Gasteiger charge is -2.21. The molecule has 1 saturated carbocycles. The average Bonchev–Trinajstić information content (AvgIpc) is 3.19. The van der Waals surface area contributed by atoms with Gasteiger partial charge in [0, 0.05) is 6.04 Å². The van der Waals surface area contributed by atoms with E-state index in [0.717, 1.165) is 20.7 Å². The molecule has 2 heterocycles. The van der Waals surface area contributed by atoms with Crippen LogP contribution in [0.25, 0.3) is 0 Å². The number of nitrogens with one attached hydrogen (secondary N) is 1. The van der Waals surface area contributed by atoms with Crippen molar-refractivity contribution < 1.29 is 14.1 Å². The van der Waals surface area contributed by atoms with Gasteiger partial charge in [0.25, 0.3) is 0 Å². The second-order valence-corrected chi connectivity index (χ2v) is 8.30. The molecule has 1 fully saturated rings. The van der Waals surface area contributed by atoms with Crippen molar-refractivity contribution in [2.24, 2.45) is 0 Å². The molecule has 1 N–H and O–H groups in total. The molecule has 0 saturated heterocycles. The summed E-state index contributed by atoms with van der Waals surface area (Å²) >= 11 is 2.83. The van der Waals surface area contributed by atoms with E-state index in [1.54, 1.807) is 6.92 Å². The summed E-state index contributed by atoms with van der Waals surface area (Å²) < 4.78 is 11.1. The van der Waals surface area contributed by atoms with E-state index in [2.05, 4.69) is 20.7 Å². The topological polar surface area (TPSA) is 90.1 Å². The lowest BCUT2D eigenvalue weighted by atomic mass is 9.96. The van der Waals surface area contributed by atoms with Crippen LogP contribution in [0.3, 0.4) is 0 Å². The minimum atomic E-state index is -0.290. The van der Waals surface area contributed by atoms with E-state index in [1.165, 1.54) is 55.2 Å². The van der Waals surface area contributed by atoms with Crippen molar-refractivity contribution in [1.29, 1.82) is 0 Å². The molecule has 0 bridgehead atoms. The molecule has 0 spiro atoms. The van der Waals surface area contributed by atoms with Gasteiger partial charge in [0.1, 0.15) is 12.4 Å². The van der Waals surface area contributed by atoms with Crippen LogP contribution in [0.1, 0.15) is 49.1 Å². The molecule has 0 aromatic carbocycles. The van der Waals surface area contributed by atoms with Gasteiger partial charge in [-0.1, -0.05) is 47.5 Å². The Bertz CT molecular complexity index is 691.